The number of hydrogen-bond acceptors (Lipinski definition) is 2. The molecule has 0 spiro atoms. The molecule has 0 heterocycles. The van der Waals surface area contributed by atoms with Gasteiger partial charge in [0.05, 0.1) is 4.83 Å². The minimum atomic E-state index is -2.88. The number of rotatable bonds is 5. The second-order valence-electron chi connectivity index (χ2n) is 3.31. The minimum absolute atomic E-state index is 0.0834. The molecule has 1 aromatic carbocycles. The third-order valence-electron chi connectivity index (χ3n) is 2.15. The van der Waals surface area contributed by atoms with Crippen LogP contribution in [0.4, 0.5) is 8.78 Å². The molecule has 1 aromatic rings. The second-order valence-corrected chi connectivity index (χ2v) is 4.79. The summed E-state index contributed by atoms with van der Waals surface area (Å²) >= 11 is 6.44. The number of Topliss-reactive ketones (excluding diaryl/α,β-unsaturated/α-hetero) is 1. The summed E-state index contributed by atoms with van der Waals surface area (Å²) in [6.07, 6.45) is 0. The van der Waals surface area contributed by atoms with Gasteiger partial charge in [-0.1, -0.05) is 44.0 Å². The van der Waals surface area contributed by atoms with Crippen molar-refractivity contribution in [2.45, 2.75) is 23.7 Å². The van der Waals surface area contributed by atoms with Gasteiger partial charge in [-0.3, -0.25) is 4.79 Å². The van der Waals surface area contributed by atoms with Gasteiger partial charge < -0.3 is 4.74 Å². The lowest BCUT2D eigenvalue weighted by Crippen LogP contribution is -2.08. The average molecular weight is 372 g/mol. The molecule has 0 aromatic heterocycles. The maximum Gasteiger partial charge on any atom is 0.387 e. The predicted octanol–water partition coefficient (Wildman–Crippen LogP) is 4.21. The van der Waals surface area contributed by atoms with Crippen LogP contribution < -0.4 is 4.74 Å². The van der Waals surface area contributed by atoms with Crippen LogP contribution in [0, 0.1) is 0 Å². The first-order valence-electron chi connectivity index (χ1n) is 4.74. The molecule has 0 fully saturated rings. The highest BCUT2D eigenvalue weighted by Crippen LogP contribution is 2.34. The molecule has 6 heteroatoms. The van der Waals surface area contributed by atoms with Gasteiger partial charge in [0.1, 0.15) is 11.5 Å². The zero-order valence-corrected chi connectivity index (χ0v) is 12.1. The van der Waals surface area contributed by atoms with E-state index in [4.69, 9.17) is 0 Å². The van der Waals surface area contributed by atoms with Gasteiger partial charge in [0.25, 0.3) is 0 Å². The van der Waals surface area contributed by atoms with Crippen molar-refractivity contribution in [3.05, 3.63) is 29.3 Å². The number of ketones is 1. The largest absolute Gasteiger partial charge is 0.435 e. The summed E-state index contributed by atoms with van der Waals surface area (Å²) in [5.41, 5.74) is 1.18. The Morgan fingerprint density at radius 3 is 2.59 bits per heavy atom. The Balaban J connectivity index is 3.18. The summed E-state index contributed by atoms with van der Waals surface area (Å²) in [7, 11) is 0. The van der Waals surface area contributed by atoms with Crippen LogP contribution in [0.25, 0.3) is 0 Å². The highest BCUT2D eigenvalue weighted by Gasteiger charge is 2.20. The van der Waals surface area contributed by atoms with E-state index in [1.165, 1.54) is 13.0 Å². The molecule has 1 atom stereocenters. The Morgan fingerprint density at radius 2 is 2.12 bits per heavy atom. The maximum atomic E-state index is 12.2. The van der Waals surface area contributed by atoms with Gasteiger partial charge in [0.2, 0.25) is 0 Å². The van der Waals surface area contributed by atoms with Crippen molar-refractivity contribution in [2.75, 3.05) is 0 Å². The molecule has 0 radical (unpaired) electrons. The lowest BCUT2D eigenvalue weighted by Gasteiger charge is -2.15. The molecule has 0 N–H and O–H groups in total. The summed E-state index contributed by atoms with van der Waals surface area (Å²) in [6, 6.07) is 4.73. The summed E-state index contributed by atoms with van der Waals surface area (Å²) < 4.78 is 28.8. The molecular formula is C11H10Br2F2O2. The van der Waals surface area contributed by atoms with Crippen molar-refractivity contribution >= 4 is 37.6 Å². The van der Waals surface area contributed by atoms with E-state index >= 15 is 0 Å². The van der Waals surface area contributed by atoms with Crippen LogP contribution in [-0.2, 0) is 10.1 Å². The Hall–Kier alpha value is -0.490. The molecule has 0 aliphatic carbocycles. The highest BCUT2D eigenvalue weighted by molar-refractivity contribution is 9.09. The molecule has 0 aliphatic rings. The van der Waals surface area contributed by atoms with Crippen molar-refractivity contribution in [2.24, 2.45) is 0 Å². The molecular weight excluding hydrogens is 362 g/mol. The van der Waals surface area contributed by atoms with Crippen LogP contribution >= 0.6 is 31.9 Å². The van der Waals surface area contributed by atoms with E-state index in [1.807, 2.05) is 0 Å². The third kappa shape index (κ3) is 3.74. The van der Waals surface area contributed by atoms with Crippen molar-refractivity contribution in [1.82, 2.24) is 0 Å². The van der Waals surface area contributed by atoms with Gasteiger partial charge in [0, 0.05) is 10.9 Å². The standard InChI is InChI=1S/C11H10Br2F2O2/c1-6(16)10(13)7-3-2-4-9(8(7)5-12)17-11(14)15/h2-4,10-11H,5H2,1H3. The fourth-order valence-electron chi connectivity index (χ4n) is 1.39. The molecule has 1 rings (SSSR count). The molecule has 0 aliphatic heterocycles. The first kappa shape index (κ1) is 14.6. The Labute approximate surface area is 115 Å². The third-order valence-corrected chi connectivity index (χ3v) is 3.85. The summed E-state index contributed by atoms with van der Waals surface area (Å²) in [5.74, 6) is -0.0125. The van der Waals surface area contributed by atoms with E-state index in [-0.39, 0.29) is 11.5 Å². The number of carbonyl (C=O) groups excluding carboxylic acids is 1. The highest BCUT2D eigenvalue weighted by atomic mass is 79.9. The first-order chi connectivity index (χ1) is 7.97. The molecule has 1 unspecified atom stereocenters. The van der Waals surface area contributed by atoms with E-state index in [0.29, 0.717) is 16.5 Å². The smallest absolute Gasteiger partial charge is 0.387 e. The number of benzene rings is 1. The first-order valence-corrected chi connectivity index (χ1v) is 6.78. The summed E-state index contributed by atoms with van der Waals surface area (Å²) in [4.78, 5) is 10.8. The lowest BCUT2D eigenvalue weighted by atomic mass is 10.0. The Kier molecular flexibility index (Phi) is 5.52. The lowest BCUT2D eigenvalue weighted by molar-refractivity contribution is -0.116. The van der Waals surface area contributed by atoms with Gasteiger partial charge in [-0.05, 0) is 18.6 Å². The Morgan fingerprint density at radius 1 is 1.47 bits per heavy atom. The van der Waals surface area contributed by atoms with E-state index in [9.17, 15) is 13.6 Å². The number of ether oxygens (including phenoxy) is 1. The number of hydrogen-bond donors (Lipinski definition) is 0. The van der Waals surface area contributed by atoms with Gasteiger partial charge in [-0.25, -0.2) is 0 Å². The molecule has 0 amide bonds. The quantitative estimate of drug-likeness (QED) is 0.725. The van der Waals surface area contributed by atoms with Gasteiger partial charge in [-0.15, -0.1) is 0 Å². The van der Waals surface area contributed by atoms with Gasteiger partial charge >= 0.3 is 6.61 Å². The molecule has 0 bridgehead atoms. The van der Waals surface area contributed by atoms with Crippen molar-refractivity contribution in [1.29, 1.82) is 0 Å². The minimum Gasteiger partial charge on any atom is -0.435 e. The van der Waals surface area contributed by atoms with Crippen LogP contribution in [0.5, 0.6) is 5.75 Å². The zero-order valence-electron chi connectivity index (χ0n) is 8.92. The summed E-state index contributed by atoms with van der Waals surface area (Å²) in [6.45, 7) is -1.45. The van der Waals surface area contributed by atoms with Crippen molar-refractivity contribution in [3.8, 4) is 5.75 Å². The second kappa shape index (κ2) is 6.44. The van der Waals surface area contributed by atoms with E-state index in [0.717, 1.165) is 0 Å². The predicted molar refractivity (Wildman–Crippen MR) is 68.1 cm³/mol. The van der Waals surface area contributed by atoms with E-state index in [1.54, 1.807) is 12.1 Å². The van der Waals surface area contributed by atoms with Crippen LogP contribution in [0.3, 0.4) is 0 Å². The summed E-state index contributed by atoms with van der Waals surface area (Å²) in [5, 5.41) is 0.334. The maximum absolute atomic E-state index is 12.2. The normalized spacial score (nSPS) is 12.6. The van der Waals surface area contributed by atoms with Gasteiger partial charge in [0.15, 0.2) is 0 Å². The fraction of sp³-hybridized carbons (Fsp3) is 0.364. The number of halogens is 4. The number of carbonyl (C=O) groups is 1. The van der Waals surface area contributed by atoms with E-state index in [2.05, 4.69) is 36.6 Å². The van der Waals surface area contributed by atoms with E-state index < -0.39 is 11.4 Å². The van der Waals surface area contributed by atoms with Crippen molar-refractivity contribution in [3.63, 3.8) is 0 Å². The molecule has 94 valence electrons. The van der Waals surface area contributed by atoms with Crippen molar-refractivity contribution < 1.29 is 18.3 Å². The zero-order chi connectivity index (χ0) is 13.0. The average Bonchev–Trinajstić information content (AvgIpc) is 2.26. The Bertz CT molecular complexity index is 410. The molecule has 2 nitrogen and oxygen atoms in total. The monoisotopic (exact) mass is 370 g/mol. The van der Waals surface area contributed by atoms with Crippen LogP contribution in [0.2, 0.25) is 0 Å². The SMILES string of the molecule is CC(=O)C(Br)c1cccc(OC(F)F)c1CBr. The molecule has 0 saturated carbocycles. The fourth-order valence-corrected chi connectivity index (χ4v) is 2.42. The van der Waals surface area contributed by atoms with Crippen LogP contribution in [-0.4, -0.2) is 12.4 Å². The molecule has 0 saturated heterocycles. The number of alkyl halides is 4. The van der Waals surface area contributed by atoms with Gasteiger partial charge in [-0.2, -0.15) is 8.78 Å². The molecule has 17 heavy (non-hydrogen) atoms. The van der Waals surface area contributed by atoms with Crippen LogP contribution in [0.1, 0.15) is 22.9 Å². The van der Waals surface area contributed by atoms with Crippen LogP contribution in [0.15, 0.2) is 18.2 Å². The topological polar surface area (TPSA) is 26.3 Å².